The van der Waals surface area contributed by atoms with Gasteiger partial charge in [-0.15, -0.1) is 11.8 Å². The molecule has 0 spiro atoms. The molecule has 100 valence electrons. The standard InChI is InChI=1S/C13H19NO2S2/c1-13(7-10-18(15,16)11-13)14-8-9-17-12-5-3-2-4-6-12/h2-6,14H,7-11H2,1H3. The molecule has 1 saturated heterocycles. The van der Waals surface area contributed by atoms with Crippen LogP contribution in [0.2, 0.25) is 0 Å². The van der Waals surface area contributed by atoms with Crippen LogP contribution in [0.25, 0.3) is 0 Å². The minimum Gasteiger partial charge on any atom is -0.310 e. The summed E-state index contributed by atoms with van der Waals surface area (Å²) in [5.74, 6) is 1.55. The van der Waals surface area contributed by atoms with E-state index in [1.54, 1.807) is 11.8 Å². The van der Waals surface area contributed by atoms with Crippen LogP contribution in [0.5, 0.6) is 0 Å². The zero-order chi connectivity index (χ0) is 13.1. The summed E-state index contributed by atoms with van der Waals surface area (Å²) in [7, 11) is -2.81. The Morgan fingerprint density at radius 3 is 2.67 bits per heavy atom. The number of benzene rings is 1. The minimum absolute atomic E-state index is 0.226. The summed E-state index contributed by atoms with van der Waals surface area (Å²) in [4.78, 5) is 1.25. The average molecular weight is 285 g/mol. The molecule has 0 bridgehead atoms. The molecule has 0 aromatic heterocycles. The highest BCUT2D eigenvalue weighted by Gasteiger charge is 2.37. The molecule has 5 heteroatoms. The van der Waals surface area contributed by atoms with Gasteiger partial charge in [0.1, 0.15) is 0 Å². The third kappa shape index (κ3) is 4.00. The lowest BCUT2D eigenvalue weighted by Gasteiger charge is -2.23. The number of sulfone groups is 1. The number of rotatable bonds is 5. The number of thioether (sulfide) groups is 1. The Balaban J connectivity index is 1.73. The van der Waals surface area contributed by atoms with E-state index in [1.807, 2.05) is 25.1 Å². The molecule has 0 saturated carbocycles. The Morgan fingerprint density at radius 2 is 2.06 bits per heavy atom. The summed E-state index contributed by atoms with van der Waals surface area (Å²) < 4.78 is 22.9. The van der Waals surface area contributed by atoms with Gasteiger partial charge in [-0.3, -0.25) is 0 Å². The van der Waals surface area contributed by atoms with Crippen molar-refractivity contribution in [2.75, 3.05) is 23.8 Å². The fourth-order valence-electron chi connectivity index (χ4n) is 2.19. The lowest BCUT2D eigenvalue weighted by atomic mass is 10.0. The molecular weight excluding hydrogens is 266 g/mol. The highest BCUT2D eigenvalue weighted by atomic mass is 32.2. The van der Waals surface area contributed by atoms with E-state index in [-0.39, 0.29) is 11.3 Å². The molecule has 1 fully saturated rings. The van der Waals surface area contributed by atoms with E-state index >= 15 is 0 Å². The summed E-state index contributed by atoms with van der Waals surface area (Å²) in [5.41, 5.74) is -0.226. The van der Waals surface area contributed by atoms with Gasteiger partial charge in [-0.1, -0.05) is 18.2 Å². The van der Waals surface area contributed by atoms with E-state index in [9.17, 15) is 8.42 Å². The highest BCUT2D eigenvalue weighted by molar-refractivity contribution is 7.99. The van der Waals surface area contributed by atoms with Crippen molar-refractivity contribution in [1.29, 1.82) is 0 Å². The average Bonchev–Trinajstić information content (AvgIpc) is 2.61. The molecule has 1 heterocycles. The van der Waals surface area contributed by atoms with Gasteiger partial charge in [-0.25, -0.2) is 8.42 Å². The van der Waals surface area contributed by atoms with Crippen LogP contribution in [0, 0.1) is 0 Å². The van der Waals surface area contributed by atoms with Crippen LogP contribution in [-0.2, 0) is 9.84 Å². The quantitative estimate of drug-likeness (QED) is 0.663. The molecule has 2 rings (SSSR count). The van der Waals surface area contributed by atoms with E-state index in [4.69, 9.17) is 0 Å². The van der Waals surface area contributed by atoms with Crippen molar-refractivity contribution in [3.63, 3.8) is 0 Å². The maximum atomic E-state index is 11.5. The van der Waals surface area contributed by atoms with Gasteiger partial charge in [-0.2, -0.15) is 0 Å². The molecular formula is C13H19NO2S2. The second-order valence-electron chi connectivity index (χ2n) is 4.99. The fourth-order valence-corrected chi connectivity index (χ4v) is 5.10. The van der Waals surface area contributed by atoms with Gasteiger partial charge in [0, 0.05) is 22.7 Å². The lowest BCUT2D eigenvalue weighted by molar-refractivity contribution is 0.410. The molecule has 0 aliphatic carbocycles. The van der Waals surface area contributed by atoms with E-state index in [1.165, 1.54) is 4.90 Å². The number of nitrogens with one attached hydrogen (secondary N) is 1. The molecule has 1 N–H and O–H groups in total. The molecule has 1 aromatic carbocycles. The predicted molar refractivity (Wildman–Crippen MR) is 76.8 cm³/mol. The first kappa shape index (κ1) is 13.9. The lowest BCUT2D eigenvalue weighted by Crippen LogP contribution is -2.44. The van der Waals surface area contributed by atoms with Gasteiger partial charge in [0.25, 0.3) is 0 Å². The van der Waals surface area contributed by atoms with E-state index < -0.39 is 9.84 Å². The summed E-state index contributed by atoms with van der Waals surface area (Å²) in [6.07, 6.45) is 0.728. The largest absolute Gasteiger partial charge is 0.310 e. The van der Waals surface area contributed by atoms with Crippen molar-refractivity contribution in [3.05, 3.63) is 30.3 Å². The Morgan fingerprint density at radius 1 is 1.33 bits per heavy atom. The maximum Gasteiger partial charge on any atom is 0.152 e. The smallest absolute Gasteiger partial charge is 0.152 e. The summed E-state index contributed by atoms with van der Waals surface area (Å²) in [6.45, 7) is 2.84. The second kappa shape index (κ2) is 5.63. The van der Waals surface area contributed by atoms with E-state index in [0.717, 1.165) is 18.7 Å². The molecule has 1 aromatic rings. The Kier molecular flexibility index (Phi) is 4.35. The molecule has 1 unspecified atom stereocenters. The van der Waals surface area contributed by atoms with E-state index in [2.05, 4.69) is 17.4 Å². The SMILES string of the molecule is CC1(NCCSc2ccccc2)CCS(=O)(=O)C1. The van der Waals surface area contributed by atoms with Gasteiger partial charge in [0.2, 0.25) is 0 Å². The number of hydrogen-bond donors (Lipinski definition) is 1. The van der Waals surface area contributed by atoms with Gasteiger partial charge >= 0.3 is 0 Å². The van der Waals surface area contributed by atoms with Crippen molar-refractivity contribution in [1.82, 2.24) is 5.32 Å². The third-order valence-corrected chi connectivity index (χ3v) is 6.09. The van der Waals surface area contributed by atoms with Crippen LogP contribution in [0.1, 0.15) is 13.3 Å². The molecule has 1 aliphatic heterocycles. The van der Waals surface area contributed by atoms with Crippen molar-refractivity contribution in [3.8, 4) is 0 Å². The van der Waals surface area contributed by atoms with Crippen LogP contribution < -0.4 is 5.32 Å². The van der Waals surface area contributed by atoms with E-state index in [0.29, 0.717) is 5.75 Å². The summed E-state index contributed by atoms with van der Waals surface area (Å²) >= 11 is 1.79. The van der Waals surface area contributed by atoms with Crippen molar-refractivity contribution in [2.24, 2.45) is 0 Å². The van der Waals surface area contributed by atoms with Gasteiger partial charge < -0.3 is 5.32 Å². The van der Waals surface area contributed by atoms with Crippen LogP contribution >= 0.6 is 11.8 Å². The van der Waals surface area contributed by atoms with Gasteiger partial charge in [-0.05, 0) is 25.5 Å². The summed E-state index contributed by atoms with van der Waals surface area (Å²) in [5, 5.41) is 3.38. The topological polar surface area (TPSA) is 46.2 Å². The second-order valence-corrected chi connectivity index (χ2v) is 8.34. The van der Waals surface area contributed by atoms with Crippen molar-refractivity contribution in [2.45, 2.75) is 23.8 Å². The first-order valence-corrected chi connectivity index (χ1v) is 8.93. The van der Waals surface area contributed by atoms with Gasteiger partial charge in [0.15, 0.2) is 9.84 Å². The molecule has 3 nitrogen and oxygen atoms in total. The summed E-state index contributed by atoms with van der Waals surface area (Å²) in [6, 6.07) is 10.2. The van der Waals surface area contributed by atoms with Crippen LogP contribution in [0.15, 0.2) is 35.2 Å². The Bertz CT molecular complexity index is 487. The Hall–Kier alpha value is -0.520. The van der Waals surface area contributed by atoms with Crippen molar-refractivity contribution < 1.29 is 8.42 Å². The van der Waals surface area contributed by atoms with Crippen LogP contribution in [-0.4, -0.2) is 37.8 Å². The molecule has 0 radical (unpaired) electrons. The predicted octanol–water partition coefficient (Wildman–Crippen LogP) is 1.95. The first-order chi connectivity index (χ1) is 8.49. The molecule has 0 amide bonds. The zero-order valence-corrected chi connectivity index (χ0v) is 12.2. The molecule has 1 aliphatic rings. The van der Waals surface area contributed by atoms with Gasteiger partial charge in [0.05, 0.1) is 11.5 Å². The fraction of sp³-hybridized carbons (Fsp3) is 0.538. The van der Waals surface area contributed by atoms with Crippen LogP contribution in [0.4, 0.5) is 0 Å². The zero-order valence-electron chi connectivity index (χ0n) is 10.6. The first-order valence-electron chi connectivity index (χ1n) is 6.12. The normalized spacial score (nSPS) is 26.3. The minimum atomic E-state index is -2.81. The maximum absolute atomic E-state index is 11.5. The van der Waals surface area contributed by atoms with Crippen molar-refractivity contribution >= 4 is 21.6 Å². The monoisotopic (exact) mass is 285 g/mol. The Labute approximate surface area is 113 Å². The van der Waals surface area contributed by atoms with Crippen LogP contribution in [0.3, 0.4) is 0 Å². The number of hydrogen-bond acceptors (Lipinski definition) is 4. The molecule has 1 atom stereocenters. The third-order valence-electron chi connectivity index (χ3n) is 3.17. The highest BCUT2D eigenvalue weighted by Crippen LogP contribution is 2.23. The molecule has 18 heavy (non-hydrogen) atoms.